The quantitative estimate of drug-likeness (QED) is 0.494. The Morgan fingerprint density at radius 3 is 2.90 bits per heavy atom. The molecule has 0 aromatic carbocycles. The van der Waals surface area contributed by atoms with Crippen molar-refractivity contribution < 1.29 is 9.59 Å². The SMILES string of the molecule is CNC(=O)[C@H]1CCC(=O)N1. The van der Waals surface area contributed by atoms with Gasteiger partial charge in [-0.3, -0.25) is 9.59 Å². The molecule has 1 aliphatic heterocycles. The van der Waals surface area contributed by atoms with Crippen LogP contribution in [0.1, 0.15) is 12.8 Å². The second-order valence-electron chi connectivity index (χ2n) is 2.27. The first kappa shape index (κ1) is 7.05. The Bertz CT molecular complexity index is 167. The first-order valence-corrected chi connectivity index (χ1v) is 3.25. The molecule has 2 N–H and O–H groups in total. The van der Waals surface area contributed by atoms with Crippen LogP contribution in [0.4, 0.5) is 0 Å². The molecule has 2 amide bonds. The van der Waals surface area contributed by atoms with Gasteiger partial charge in [-0.05, 0) is 6.42 Å². The Morgan fingerprint density at radius 1 is 1.80 bits per heavy atom. The Kier molecular flexibility index (Phi) is 1.89. The maximum atomic E-state index is 10.8. The molecule has 4 heteroatoms. The molecular weight excluding hydrogens is 132 g/mol. The fourth-order valence-corrected chi connectivity index (χ4v) is 0.985. The van der Waals surface area contributed by atoms with Crippen LogP contribution >= 0.6 is 0 Å². The fraction of sp³-hybridized carbons (Fsp3) is 0.667. The van der Waals surface area contributed by atoms with Crippen LogP contribution in [0.15, 0.2) is 0 Å². The van der Waals surface area contributed by atoms with E-state index in [4.69, 9.17) is 0 Å². The molecule has 0 saturated carbocycles. The summed E-state index contributed by atoms with van der Waals surface area (Å²) in [5.41, 5.74) is 0. The summed E-state index contributed by atoms with van der Waals surface area (Å²) in [6, 6.07) is -0.294. The summed E-state index contributed by atoms with van der Waals surface area (Å²) in [6.07, 6.45) is 1.09. The number of carbonyl (C=O) groups excluding carboxylic acids is 2. The number of carbonyl (C=O) groups is 2. The van der Waals surface area contributed by atoms with E-state index in [0.717, 1.165) is 0 Å². The molecular formula is C6H10N2O2. The molecule has 1 rings (SSSR count). The van der Waals surface area contributed by atoms with E-state index in [1.807, 2.05) is 0 Å². The van der Waals surface area contributed by atoms with Crippen LogP contribution in [0.2, 0.25) is 0 Å². The third-order valence-electron chi connectivity index (χ3n) is 1.56. The highest BCUT2D eigenvalue weighted by atomic mass is 16.2. The van der Waals surface area contributed by atoms with Crippen LogP contribution in [0.5, 0.6) is 0 Å². The summed E-state index contributed by atoms with van der Waals surface area (Å²) in [4.78, 5) is 21.4. The third kappa shape index (κ3) is 1.26. The smallest absolute Gasteiger partial charge is 0.242 e. The second kappa shape index (κ2) is 2.68. The molecule has 10 heavy (non-hydrogen) atoms. The molecule has 56 valence electrons. The summed E-state index contributed by atoms with van der Waals surface area (Å²) >= 11 is 0. The summed E-state index contributed by atoms with van der Waals surface area (Å²) in [7, 11) is 1.56. The van der Waals surface area contributed by atoms with Gasteiger partial charge in [0.05, 0.1) is 0 Å². The number of nitrogens with one attached hydrogen (secondary N) is 2. The average molecular weight is 142 g/mol. The molecule has 1 heterocycles. The van der Waals surface area contributed by atoms with E-state index in [2.05, 4.69) is 10.6 Å². The molecule has 0 aliphatic carbocycles. The molecule has 4 nitrogen and oxygen atoms in total. The van der Waals surface area contributed by atoms with Gasteiger partial charge >= 0.3 is 0 Å². The molecule has 1 saturated heterocycles. The van der Waals surface area contributed by atoms with Crippen molar-refractivity contribution in [3.63, 3.8) is 0 Å². The fourth-order valence-electron chi connectivity index (χ4n) is 0.985. The Hall–Kier alpha value is -1.06. The van der Waals surface area contributed by atoms with Gasteiger partial charge in [-0.2, -0.15) is 0 Å². The van der Waals surface area contributed by atoms with Crippen molar-refractivity contribution >= 4 is 11.8 Å². The largest absolute Gasteiger partial charge is 0.357 e. The van der Waals surface area contributed by atoms with E-state index in [1.165, 1.54) is 0 Å². The maximum absolute atomic E-state index is 10.8. The maximum Gasteiger partial charge on any atom is 0.242 e. The van der Waals surface area contributed by atoms with E-state index in [0.29, 0.717) is 12.8 Å². The molecule has 0 bridgehead atoms. The summed E-state index contributed by atoms with van der Waals surface area (Å²) < 4.78 is 0. The van der Waals surface area contributed by atoms with E-state index in [-0.39, 0.29) is 17.9 Å². The highest BCUT2D eigenvalue weighted by molar-refractivity contribution is 5.90. The second-order valence-corrected chi connectivity index (χ2v) is 2.27. The van der Waals surface area contributed by atoms with Gasteiger partial charge in [0.2, 0.25) is 11.8 Å². The van der Waals surface area contributed by atoms with Gasteiger partial charge < -0.3 is 10.6 Å². The van der Waals surface area contributed by atoms with Crippen molar-refractivity contribution in [1.82, 2.24) is 10.6 Å². The monoisotopic (exact) mass is 142 g/mol. The van der Waals surface area contributed by atoms with Crippen molar-refractivity contribution in [2.75, 3.05) is 7.05 Å². The lowest BCUT2D eigenvalue weighted by atomic mass is 10.2. The molecule has 0 aromatic rings. The van der Waals surface area contributed by atoms with Crippen molar-refractivity contribution in [2.24, 2.45) is 0 Å². The average Bonchev–Trinajstić information content (AvgIpc) is 2.34. The summed E-state index contributed by atoms with van der Waals surface area (Å²) in [6.45, 7) is 0. The number of hydrogen-bond acceptors (Lipinski definition) is 2. The molecule has 0 radical (unpaired) electrons. The standard InChI is InChI=1S/C6H10N2O2/c1-7-6(10)4-2-3-5(9)8-4/h4H,2-3H2,1H3,(H,7,10)(H,8,9)/t4-/m1/s1. The minimum absolute atomic E-state index is 0.0337. The number of hydrogen-bond donors (Lipinski definition) is 2. The zero-order chi connectivity index (χ0) is 7.56. The van der Waals surface area contributed by atoms with Crippen molar-refractivity contribution in [3.8, 4) is 0 Å². The van der Waals surface area contributed by atoms with Crippen LogP contribution in [-0.4, -0.2) is 24.9 Å². The summed E-state index contributed by atoms with van der Waals surface area (Å²) in [5, 5.41) is 5.03. The lowest BCUT2D eigenvalue weighted by Gasteiger charge is -2.05. The Labute approximate surface area is 59.0 Å². The number of amides is 2. The number of likely N-dealkylation sites (N-methyl/N-ethyl adjacent to an activating group) is 1. The summed E-state index contributed by atoms with van der Waals surface area (Å²) in [5.74, 6) is -0.139. The Balaban J connectivity index is 2.44. The van der Waals surface area contributed by atoms with Gasteiger partial charge in [0, 0.05) is 13.5 Å². The topological polar surface area (TPSA) is 58.2 Å². The van der Waals surface area contributed by atoms with E-state index < -0.39 is 0 Å². The molecule has 1 fully saturated rings. The molecule has 1 aliphatic rings. The minimum atomic E-state index is -0.294. The molecule has 0 unspecified atom stereocenters. The van der Waals surface area contributed by atoms with Crippen LogP contribution in [0.3, 0.4) is 0 Å². The van der Waals surface area contributed by atoms with Gasteiger partial charge in [0.15, 0.2) is 0 Å². The van der Waals surface area contributed by atoms with Gasteiger partial charge in [0.1, 0.15) is 6.04 Å². The Morgan fingerprint density at radius 2 is 2.50 bits per heavy atom. The van der Waals surface area contributed by atoms with E-state index in [9.17, 15) is 9.59 Å². The number of rotatable bonds is 1. The van der Waals surface area contributed by atoms with Crippen LogP contribution in [0, 0.1) is 0 Å². The zero-order valence-corrected chi connectivity index (χ0v) is 5.81. The molecule has 0 aromatic heterocycles. The van der Waals surface area contributed by atoms with Gasteiger partial charge in [-0.15, -0.1) is 0 Å². The van der Waals surface area contributed by atoms with Crippen LogP contribution in [0.25, 0.3) is 0 Å². The minimum Gasteiger partial charge on any atom is -0.357 e. The zero-order valence-electron chi connectivity index (χ0n) is 5.81. The van der Waals surface area contributed by atoms with Crippen molar-refractivity contribution in [1.29, 1.82) is 0 Å². The first-order chi connectivity index (χ1) is 4.74. The highest BCUT2D eigenvalue weighted by Gasteiger charge is 2.25. The van der Waals surface area contributed by atoms with Gasteiger partial charge in [-0.1, -0.05) is 0 Å². The first-order valence-electron chi connectivity index (χ1n) is 3.25. The predicted molar refractivity (Wildman–Crippen MR) is 35.2 cm³/mol. The highest BCUT2D eigenvalue weighted by Crippen LogP contribution is 2.05. The predicted octanol–water partition coefficient (Wildman–Crippen LogP) is -0.989. The van der Waals surface area contributed by atoms with Gasteiger partial charge in [-0.25, -0.2) is 0 Å². The lowest BCUT2D eigenvalue weighted by molar-refractivity contribution is -0.125. The molecule has 0 spiro atoms. The van der Waals surface area contributed by atoms with Gasteiger partial charge in [0.25, 0.3) is 0 Å². The van der Waals surface area contributed by atoms with E-state index >= 15 is 0 Å². The van der Waals surface area contributed by atoms with E-state index in [1.54, 1.807) is 7.05 Å². The lowest BCUT2D eigenvalue weighted by Crippen LogP contribution is -2.39. The normalized spacial score (nSPS) is 24.1. The third-order valence-corrected chi connectivity index (χ3v) is 1.56. The molecule has 1 atom stereocenters. The van der Waals surface area contributed by atoms with Crippen LogP contribution in [-0.2, 0) is 9.59 Å². The van der Waals surface area contributed by atoms with Crippen molar-refractivity contribution in [2.45, 2.75) is 18.9 Å². The van der Waals surface area contributed by atoms with Crippen molar-refractivity contribution in [3.05, 3.63) is 0 Å². The van der Waals surface area contributed by atoms with Crippen LogP contribution < -0.4 is 10.6 Å².